The number of nitrogens with one attached hydrogen (secondary N) is 2. The molecule has 2 heterocycles. The molecular formula is C18H21FN4O4. The van der Waals surface area contributed by atoms with Crippen molar-refractivity contribution in [2.45, 2.75) is 38.6 Å². The number of halogens is 1. The fraction of sp³-hybridized carbons (Fsp3) is 0.444. The van der Waals surface area contributed by atoms with Crippen LogP contribution in [0.3, 0.4) is 0 Å². The maximum atomic E-state index is 14.1. The van der Waals surface area contributed by atoms with Crippen LogP contribution in [0.4, 0.5) is 9.18 Å². The molecular weight excluding hydrogens is 355 g/mol. The molecule has 2 aromatic rings. The Labute approximate surface area is 155 Å². The summed E-state index contributed by atoms with van der Waals surface area (Å²) in [5.74, 6) is -0.492. The number of rotatable bonds is 5. The molecule has 0 aromatic carbocycles. The van der Waals surface area contributed by atoms with Crippen molar-refractivity contribution in [1.29, 1.82) is 0 Å². The van der Waals surface area contributed by atoms with Crippen molar-refractivity contribution in [2.75, 3.05) is 6.54 Å². The number of amides is 2. The monoisotopic (exact) mass is 376 g/mol. The fourth-order valence-corrected chi connectivity index (χ4v) is 3.49. The Morgan fingerprint density at radius 3 is 2.96 bits per heavy atom. The normalized spacial score (nSPS) is 19.5. The van der Waals surface area contributed by atoms with Crippen molar-refractivity contribution < 1.29 is 23.6 Å². The number of carboxylic acid groups (broad SMARTS) is 1. The third-order valence-electron chi connectivity index (χ3n) is 4.78. The first-order valence-electron chi connectivity index (χ1n) is 8.79. The summed E-state index contributed by atoms with van der Waals surface area (Å²) in [4.78, 5) is 27.2. The van der Waals surface area contributed by atoms with Gasteiger partial charge in [-0.2, -0.15) is 0 Å². The molecule has 0 bridgehead atoms. The Balaban J connectivity index is 1.72. The summed E-state index contributed by atoms with van der Waals surface area (Å²) in [6, 6.07) is 1.36. The number of aryl methyl sites for hydroxylation is 1. The van der Waals surface area contributed by atoms with Crippen molar-refractivity contribution in [3.8, 4) is 11.3 Å². The molecule has 0 radical (unpaired) electrons. The summed E-state index contributed by atoms with van der Waals surface area (Å²) in [6.07, 6.45) is 4.71. The number of carbonyl (C=O) groups excluding carboxylic acids is 1. The largest absolute Gasteiger partial charge is 0.465 e. The summed E-state index contributed by atoms with van der Waals surface area (Å²) in [6.45, 7) is 1.96. The second-order valence-electron chi connectivity index (χ2n) is 6.71. The number of nitrogens with zero attached hydrogens (tertiary/aromatic N) is 2. The average Bonchev–Trinajstić information content (AvgIpc) is 3.02. The predicted molar refractivity (Wildman–Crippen MR) is 93.7 cm³/mol. The van der Waals surface area contributed by atoms with Crippen molar-refractivity contribution >= 4 is 12.0 Å². The zero-order chi connectivity index (χ0) is 19.4. The van der Waals surface area contributed by atoms with Crippen molar-refractivity contribution in [3.63, 3.8) is 0 Å². The van der Waals surface area contributed by atoms with Gasteiger partial charge in [0, 0.05) is 24.3 Å². The van der Waals surface area contributed by atoms with Gasteiger partial charge in [-0.15, -0.1) is 0 Å². The molecule has 144 valence electrons. The van der Waals surface area contributed by atoms with Gasteiger partial charge in [0.25, 0.3) is 5.91 Å². The number of pyridine rings is 1. The molecule has 1 aliphatic carbocycles. The van der Waals surface area contributed by atoms with Crippen LogP contribution in [0.5, 0.6) is 0 Å². The van der Waals surface area contributed by atoms with Gasteiger partial charge in [0.05, 0.1) is 6.20 Å². The second-order valence-corrected chi connectivity index (χ2v) is 6.71. The van der Waals surface area contributed by atoms with Gasteiger partial charge in [0.2, 0.25) is 0 Å². The summed E-state index contributed by atoms with van der Waals surface area (Å²) in [5, 5.41) is 17.9. The Hall–Kier alpha value is -2.97. The van der Waals surface area contributed by atoms with E-state index in [0.717, 1.165) is 25.5 Å². The highest BCUT2D eigenvalue weighted by molar-refractivity contribution is 6.00. The number of carbonyl (C=O) groups is 2. The van der Waals surface area contributed by atoms with Gasteiger partial charge in [-0.25, -0.2) is 9.18 Å². The minimum absolute atomic E-state index is 0.0868. The van der Waals surface area contributed by atoms with E-state index in [2.05, 4.69) is 20.8 Å². The van der Waals surface area contributed by atoms with Crippen LogP contribution >= 0.6 is 0 Å². The predicted octanol–water partition coefficient (Wildman–Crippen LogP) is 2.74. The minimum Gasteiger partial charge on any atom is -0.465 e. The summed E-state index contributed by atoms with van der Waals surface area (Å²) >= 11 is 0. The zero-order valence-electron chi connectivity index (χ0n) is 14.9. The molecule has 2 unspecified atom stereocenters. The molecule has 0 aliphatic heterocycles. The van der Waals surface area contributed by atoms with Crippen LogP contribution in [0.2, 0.25) is 0 Å². The first-order valence-corrected chi connectivity index (χ1v) is 8.79. The van der Waals surface area contributed by atoms with E-state index in [1.54, 1.807) is 6.92 Å². The van der Waals surface area contributed by atoms with E-state index >= 15 is 0 Å². The Morgan fingerprint density at radius 2 is 2.22 bits per heavy atom. The van der Waals surface area contributed by atoms with Gasteiger partial charge in [0.15, 0.2) is 5.82 Å². The van der Waals surface area contributed by atoms with Gasteiger partial charge < -0.3 is 20.3 Å². The minimum atomic E-state index is -1.05. The molecule has 1 saturated carbocycles. The molecule has 9 heteroatoms. The number of hydrogen-bond donors (Lipinski definition) is 3. The quantitative estimate of drug-likeness (QED) is 0.739. The highest BCUT2D eigenvalue weighted by Gasteiger charge is 2.28. The lowest BCUT2D eigenvalue weighted by molar-refractivity contribution is 0.0917. The first kappa shape index (κ1) is 18.8. The standard InChI is InChI=1S/C18H21FN4O4/c1-10-15(16(23-27-10)13-5-6-20-9-14(13)19)17(24)22-12-4-2-3-11(7-12)8-21-18(25)26/h5-6,9,11-12,21H,2-4,7-8H2,1H3,(H,22,24)(H,25,26). The van der Waals surface area contributed by atoms with Gasteiger partial charge in [-0.05, 0) is 38.2 Å². The van der Waals surface area contributed by atoms with Crippen LogP contribution in [-0.2, 0) is 0 Å². The van der Waals surface area contributed by atoms with Crippen molar-refractivity contribution in [1.82, 2.24) is 20.8 Å². The highest BCUT2D eigenvalue weighted by atomic mass is 19.1. The fourth-order valence-electron chi connectivity index (χ4n) is 3.49. The Morgan fingerprint density at radius 1 is 1.41 bits per heavy atom. The van der Waals surface area contributed by atoms with E-state index in [4.69, 9.17) is 9.63 Å². The second kappa shape index (κ2) is 8.15. The van der Waals surface area contributed by atoms with E-state index < -0.39 is 11.9 Å². The lowest BCUT2D eigenvalue weighted by Crippen LogP contribution is -2.41. The third kappa shape index (κ3) is 4.42. The lowest BCUT2D eigenvalue weighted by atomic mass is 9.85. The molecule has 3 N–H and O–H groups in total. The summed E-state index contributed by atoms with van der Waals surface area (Å²) < 4.78 is 19.2. The molecule has 27 heavy (non-hydrogen) atoms. The number of hydrogen-bond acceptors (Lipinski definition) is 5. The van der Waals surface area contributed by atoms with E-state index in [-0.39, 0.29) is 34.7 Å². The van der Waals surface area contributed by atoms with Crippen molar-refractivity contribution in [2.24, 2.45) is 5.92 Å². The van der Waals surface area contributed by atoms with E-state index in [0.29, 0.717) is 18.7 Å². The lowest BCUT2D eigenvalue weighted by Gasteiger charge is -2.29. The van der Waals surface area contributed by atoms with Crippen LogP contribution in [0, 0.1) is 18.7 Å². The topological polar surface area (TPSA) is 117 Å². The first-order chi connectivity index (χ1) is 13.0. The summed E-state index contributed by atoms with van der Waals surface area (Å²) in [5.41, 5.74) is 0.495. The summed E-state index contributed by atoms with van der Waals surface area (Å²) in [7, 11) is 0. The van der Waals surface area contributed by atoms with Crippen LogP contribution in [0.1, 0.15) is 41.8 Å². The molecule has 3 rings (SSSR count). The zero-order valence-corrected chi connectivity index (χ0v) is 14.9. The maximum Gasteiger partial charge on any atom is 0.404 e. The number of aromatic nitrogens is 2. The average molecular weight is 376 g/mol. The van der Waals surface area contributed by atoms with E-state index in [1.807, 2.05) is 0 Å². The van der Waals surface area contributed by atoms with Gasteiger partial charge in [-0.3, -0.25) is 9.78 Å². The SMILES string of the molecule is Cc1onc(-c2ccncc2F)c1C(=O)NC1CCCC(CNC(=O)O)C1. The van der Waals surface area contributed by atoms with Crippen LogP contribution in [-0.4, -0.2) is 39.8 Å². The van der Waals surface area contributed by atoms with Crippen LogP contribution in [0.25, 0.3) is 11.3 Å². The van der Waals surface area contributed by atoms with Gasteiger partial charge >= 0.3 is 6.09 Å². The molecule has 8 nitrogen and oxygen atoms in total. The third-order valence-corrected chi connectivity index (χ3v) is 4.78. The van der Waals surface area contributed by atoms with Crippen LogP contribution in [0.15, 0.2) is 23.0 Å². The molecule has 2 amide bonds. The molecule has 1 fully saturated rings. The Kier molecular flexibility index (Phi) is 5.68. The van der Waals surface area contributed by atoms with Crippen LogP contribution < -0.4 is 10.6 Å². The van der Waals surface area contributed by atoms with E-state index in [9.17, 15) is 14.0 Å². The van der Waals surface area contributed by atoms with Crippen molar-refractivity contribution in [3.05, 3.63) is 35.6 Å². The van der Waals surface area contributed by atoms with E-state index in [1.165, 1.54) is 12.3 Å². The highest BCUT2D eigenvalue weighted by Crippen LogP contribution is 2.28. The van der Waals surface area contributed by atoms with Gasteiger partial charge in [0.1, 0.15) is 17.0 Å². The molecule has 2 aromatic heterocycles. The molecule has 0 spiro atoms. The molecule has 2 atom stereocenters. The Bertz CT molecular complexity index is 839. The molecule has 1 aliphatic rings. The smallest absolute Gasteiger partial charge is 0.404 e. The maximum absolute atomic E-state index is 14.1. The molecule has 0 saturated heterocycles. The van der Waals surface area contributed by atoms with Gasteiger partial charge in [-0.1, -0.05) is 11.6 Å².